The van der Waals surface area contributed by atoms with E-state index in [4.69, 9.17) is 11.0 Å². The van der Waals surface area contributed by atoms with E-state index in [0.717, 1.165) is 11.5 Å². The number of amides is 2. The normalized spacial score (nSPS) is 11.3. The summed E-state index contributed by atoms with van der Waals surface area (Å²) in [4.78, 5) is 24.2. The van der Waals surface area contributed by atoms with Crippen LogP contribution in [0.4, 0.5) is 0 Å². The smallest absolute Gasteiger partial charge is 0.249 e. The molecular formula is C20H21N3O2S. The van der Waals surface area contributed by atoms with Gasteiger partial charge in [0.1, 0.15) is 6.54 Å². The Morgan fingerprint density at radius 2 is 1.81 bits per heavy atom. The molecule has 2 amide bonds. The molecule has 0 saturated heterocycles. The molecule has 6 heteroatoms. The third kappa shape index (κ3) is 5.64. The summed E-state index contributed by atoms with van der Waals surface area (Å²) in [6.07, 6.45) is 0.555. The number of hydrogen-bond donors (Lipinski definition) is 2. The zero-order chi connectivity index (χ0) is 18.8. The highest BCUT2D eigenvalue weighted by Crippen LogP contribution is 2.26. The van der Waals surface area contributed by atoms with Gasteiger partial charge in [-0.15, -0.1) is 0 Å². The van der Waals surface area contributed by atoms with E-state index in [9.17, 15) is 9.59 Å². The number of nitrogens with zero attached hydrogens (tertiary/aromatic N) is 1. The Hall–Kier alpha value is -2.78. The molecule has 1 unspecified atom stereocenters. The Labute approximate surface area is 157 Å². The van der Waals surface area contributed by atoms with Crippen molar-refractivity contribution < 1.29 is 9.59 Å². The van der Waals surface area contributed by atoms with E-state index < -0.39 is 11.8 Å². The number of carbonyl (C=O) groups excluding carboxylic acids is 2. The molecule has 134 valence electrons. The van der Waals surface area contributed by atoms with Crippen molar-refractivity contribution in [2.45, 2.75) is 18.1 Å². The van der Waals surface area contributed by atoms with Crippen LogP contribution >= 0.6 is 11.8 Å². The lowest BCUT2D eigenvalue weighted by molar-refractivity contribution is -0.122. The maximum absolute atomic E-state index is 12.5. The second kappa shape index (κ2) is 10.3. The van der Waals surface area contributed by atoms with E-state index in [0.29, 0.717) is 17.5 Å². The maximum Gasteiger partial charge on any atom is 0.249 e. The van der Waals surface area contributed by atoms with Gasteiger partial charge in [0.05, 0.1) is 12.0 Å². The first-order valence-corrected chi connectivity index (χ1v) is 9.44. The lowest BCUT2D eigenvalue weighted by Gasteiger charge is -2.18. The van der Waals surface area contributed by atoms with E-state index in [-0.39, 0.29) is 12.5 Å². The number of primary amides is 1. The van der Waals surface area contributed by atoms with Gasteiger partial charge in [0.25, 0.3) is 0 Å². The fourth-order valence-electron chi connectivity index (χ4n) is 2.67. The molecule has 26 heavy (non-hydrogen) atoms. The summed E-state index contributed by atoms with van der Waals surface area (Å²) in [5.41, 5.74) is 7.63. The summed E-state index contributed by atoms with van der Waals surface area (Å²) < 4.78 is 0. The summed E-state index contributed by atoms with van der Waals surface area (Å²) in [5.74, 6) is 0.254. The average Bonchev–Trinajstić information content (AvgIpc) is 2.67. The minimum atomic E-state index is -0.560. The standard InChI is InChI=1S/C20H21N3O2S/c21-11-12-23-20(25)18(16-8-4-5-9-17(16)19(22)24)10-13-26-14-15-6-2-1-3-7-15/h1-9,18H,10,12-14H2,(H2,22,24)(H,23,25). The molecule has 0 spiro atoms. The van der Waals surface area contributed by atoms with Gasteiger partial charge in [-0.3, -0.25) is 9.59 Å². The number of hydrogen-bond acceptors (Lipinski definition) is 4. The van der Waals surface area contributed by atoms with Crippen molar-refractivity contribution in [2.75, 3.05) is 12.3 Å². The van der Waals surface area contributed by atoms with Crippen LogP contribution in [0.25, 0.3) is 0 Å². The third-order valence-corrected chi connectivity index (χ3v) is 4.98. The molecule has 2 rings (SSSR count). The Balaban J connectivity index is 2.08. The molecule has 0 bridgehead atoms. The minimum absolute atomic E-state index is 0.0643. The average molecular weight is 367 g/mol. The predicted molar refractivity (Wildman–Crippen MR) is 104 cm³/mol. The number of nitrogens with one attached hydrogen (secondary N) is 1. The molecule has 0 heterocycles. The molecule has 2 aromatic carbocycles. The molecule has 0 saturated carbocycles. The van der Waals surface area contributed by atoms with Crippen LogP contribution in [0.3, 0.4) is 0 Å². The summed E-state index contributed by atoms with van der Waals surface area (Å²) in [6.45, 7) is -0.0643. The molecule has 0 aliphatic heterocycles. The van der Waals surface area contributed by atoms with E-state index >= 15 is 0 Å². The van der Waals surface area contributed by atoms with Gasteiger partial charge >= 0.3 is 0 Å². The van der Waals surface area contributed by atoms with Gasteiger partial charge in [-0.2, -0.15) is 17.0 Å². The van der Waals surface area contributed by atoms with Crippen LogP contribution < -0.4 is 11.1 Å². The van der Waals surface area contributed by atoms with Gasteiger partial charge in [0.15, 0.2) is 0 Å². The fourth-order valence-corrected chi connectivity index (χ4v) is 3.64. The minimum Gasteiger partial charge on any atom is -0.366 e. The maximum atomic E-state index is 12.5. The summed E-state index contributed by atoms with van der Waals surface area (Å²) >= 11 is 1.72. The van der Waals surface area contributed by atoms with Crippen molar-refractivity contribution in [3.63, 3.8) is 0 Å². The van der Waals surface area contributed by atoms with Crippen molar-refractivity contribution in [3.05, 3.63) is 71.3 Å². The Bertz CT molecular complexity index is 787. The lowest BCUT2D eigenvalue weighted by atomic mass is 9.91. The SMILES string of the molecule is N#CCNC(=O)C(CCSCc1ccccc1)c1ccccc1C(N)=O. The van der Waals surface area contributed by atoms with Crippen molar-refractivity contribution in [3.8, 4) is 6.07 Å². The number of nitriles is 1. The first kappa shape index (κ1) is 19.5. The van der Waals surface area contributed by atoms with Gasteiger partial charge in [-0.05, 0) is 29.4 Å². The van der Waals surface area contributed by atoms with Crippen LogP contribution in [0.1, 0.15) is 33.8 Å². The van der Waals surface area contributed by atoms with Crippen molar-refractivity contribution in [1.29, 1.82) is 5.26 Å². The summed E-state index contributed by atoms with van der Waals surface area (Å²) in [5, 5.41) is 11.3. The molecule has 2 aromatic rings. The molecule has 0 radical (unpaired) electrons. The predicted octanol–water partition coefficient (Wildman–Crippen LogP) is 2.83. The monoisotopic (exact) mass is 367 g/mol. The topological polar surface area (TPSA) is 96.0 Å². The molecule has 0 fully saturated rings. The number of thioether (sulfide) groups is 1. The quantitative estimate of drug-likeness (QED) is 0.526. The molecule has 0 aliphatic rings. The largest absolute Gasteiger partial charge is 0.366 e. The summed E-state index contributed by atoms with van der Waals surface area (Å²) in [6, 6.07) is 18.9. The van der Waals surface area contributed by atoms with Gasteiger partial charge in [0, 0.05) is 11.3 Å². The number of carbonyl (C=O) groups is 2. The number of rotatable bonds is 9. The van der Waals surface area contributed by atoms with Crippen LogP contribution in [0, 0.1) is 11.3 Å². The van der Waals surface area contributed by atoms with Crippen molar-refractivity contribution >= 4 is 23.6 Å². The van der Waals surface area contributed by atoms with E-state index in [2.05, 4.69) is 17.4 Å². The van der Waals surface area contributed by atoms with Gasteiger partial charge in [-0.25, -0.2) is 0 Å². The van der Waals surface area contributed by atoms with Gasteiger partial charge in [0.2, 0.25) is 11.8 Å². The first-order chi connectivity index (χ1) is 12.6. The molecular weight excluding hydrogens is 346 g/mol. The van der Waals surface area contributed by atoms with E-state index in [1.807, 2.05) is 24.3 Å². The van der Waals surface area contributed by atoms with Crippen LogP contribution in [0.2, 0.25) is 0 Å². The second-order valence-electron chi connectivity index (χ2n) is 5.71. The molecule has 1 atom stereocenters. The van der Waals surface area contributed by atoms with Gasteiger partial charge in [-0.1, -0.05) is 48.5 Å². The zero-order valence-electron chi connectivity index (χ0n) is 14.4. The molecule has 5 nitrogen and oxygen atoms in total. The van der Waals surface area contributed by atoms with Crippen LogP contribution in [-0.4, -0.2) is 24.1 Å². The number of benzene rings is 2. The Kier molecular flexibility index (Phi) is 7.72. The van der Waals surface area contributed by atoms with Crippen LogP contribution in [-0.2, 0) is 10.5 Å². The van der Waals surface area contributed by atoms with Crippen molar-refractivity contribution in [2.24, 2.45) is 5.73 Å². The Morgan fingerprint density at radius 3 is 2.50 bits per heavy atom. The highest BCUT2D eigenvalue weighted by Gasteiger charge is 2.24. The zero-order valence-corrected chi connectivity index (χ0v) is 15.2. The highest BCUT2D eigenvalue weighted by molar-refractivity contribution is 7.98. The Morgan fingerprint density at radius 1 is 1.12 bits per heavy atom. The molecule has 0 aliphatic carbocycles. The second-order valence-corrected chi connectivity index (χ2v) is 6.81. The number of nitrogens with two attached hydrogens (primary N) is 1. The fraction of sp³-hybridized carbons (Fsp3) is 0.250. The highest BCUT2D eigenvalue weighted by atomic mass is 32.2. The van der Waals surface area contributed by atoms with Gasteiger partial charge < -0.3 is 11.1 Å². The first-order valence-electron chi connectivity index (χ1n) is 8.28. The van der Waals surface area contributed by atoms with Crippen LogP contribution in [0.15, 0.2) is 54.6 Å². The van der Waals surface area contributed by atoms with Crippen molar-refractivity contribution in [1.82, 2.24) is 5.32 Å². The van der Waals surface area contributed by atoms with E-state index in [1.54, 1.807) is 36.0 Å². The van der Waals surface area contributed by atoms with E-state index in [1.165, 1.54) is 5.56 Å². The molecule has 0 aromatic heterocycles. The van der Waals surface area contributed by atoms with Crippen LogP contribution in [0.5, 0.6) is 0 Å². The summed E-state index contributed by atoms with van der Waals surface area (Å²) in [7, 11) is 0. The molecule has 3 N–H and O–H groups in total. The lowest BCUT2D eigenvalue weighted by Crippen LogP contribution is -2.31. The third-order valence-electron chi connectivity index (χ3n) is 3.92.